The summed E-state index contributed by atoms with van der Waals surface area (Å²) >= 11 is 0. The molecule has 1 atom stereocenters. The Morgan fingerprint density at radius 2 is 1.80 bits per heavy atom. The highest BCUT2D eigenvalue weighted by Gasteiger charge is 2.26. The molecule has 0 spiro atoms. The maximum absolute atomic E-state index is 13.1. The van der Waals surface area contributed by atoms with Gasteiger partial charge in [0.1, 0.15) is 11.6 Å². The number of carbonyl (C=O) groups is 1. The summed E-state index contributed by atoms with van der Waals surface area (Å²) < 4.78 is 46.9. The van der Waals surface area contributed by atoms with E-state index in [0.717, 1.165) is 12.8 Å². The number of rotatable bonds is 6. The highest BCUT2D eigenvalue weighted by atomic mass is 32.2. The number of hydrogen-bond donors (Lipinski definition) is 1. The number of methoxy groups -OCH3 is 1. The van der Waals surface area contributed by atoms with Gasteiger partial charge in [-0.15, -0.1) is 0 Å². The van der Waals surface area contributed by atoms with Crippen molar-refractivity contribution >= 4 is 15.9 Å². The molecule has 1 aliphatic rings. The van der Waals surface area contributed by atoms with Gasteiger partial charge in [-0.05, 0) is 61.6 Å². The van der Waals surface area contributed by atoms with Crippen molar-refractivity contribution in [3.8, 4) is 5.75 Å². The molecule has 0 radical (unpaired) electrons. The fourth-order valence-electron chi connectivity index (χ4n) is 3.52. The van der Waals surface area contributed by atoms with Gasteiger partial charge in [0, 0.05) is 19.1 Å². The van der Waals surface area contributed by atoms with Crippen LogP contribution in [0.15, 0.2) is 47.4 Å². The molecular weight excluding hydrogens is 407 g/mol. The van der Waals surface area contributed by atoms with Crippen molar-refractivity contribution in [3.63, 3.8) is 0 Å². The third kappa shape index (κ3) is 4.99. The lowest BCUT2D eigenvalue weighted by Crippen LogP contribution is -2.38. The minimum atomic E-state index is -3.91. The van der Waals surface area contributed by atoms with E-state index >= 15 is 0 Å². The second-order valence-electron chi connectivity index (χ2n) is 7.73. The largest absolute Gasteiger partial charge is 0.496 e. The van der Waals surface area contributed by atoms with Crippen LogP contribution in [0.1, 0.15) is 48.7 Å². The van der Waals surface area contributed by atoms with E-state index in [1.807, 2.05) is 0 Å². The van der Waals surface area contributed by atoms with Gasteiger partial charge in [-0.25, -0.2) is 17.5 Å². The van der Waals surface area contributed by atoms with E-state index in [9.17, 15) is 17.6 Å². The van der Waals surface area contributed by atoms with Gasteiger partial charge in [0.25, 0.3) is 5.91 Å². The van der Waals surface area contributed by atoms with Crippen molar-refractivity contribution in [2.75, 3.05) is 20.2 Å². The van der Waals surface area contributed by atoms with Crippen molar-refractivity contribution in [2.45, 2.75) is 37.6 Å². The van der Waals surface area contributed by atoms with E-state index in [1.54, 1.807) is 11.8 Å². The number of nitrogens with zero attached hydrogens (tertiary/aromatic N) is 1. The third-order valence-corrected chi connectivity index (χ3v) is 7.02. The van der Waals surface area contributed by atoms with Crippen LogP contribution in [-0.4, -0.2) is 39.4 Å². The number of benzene rings is 2. The molecule has 30 heavy (non-hydrogen) atoms. The van der Waals surface area contributed by atoms with Gasteiger partial charge < -0.3 is 9.64 Å². The third-order valence-electron chi connectivity index (χ3n) is 5.48. The molecule has 1 aliphatic heterocycles. The number of sulfonamides is 1. The molecule has 2 aromatic carbocycles. The van der Waals surface area contributed by atoms with Crippen LogP contribution in [-0.2, 0) is 10.0 Å². The molecule has 0 saturated carbocycles. The molecule has 1 N–H and O–H groups in total. The van der Waals surface area contributed by atoms with Crippen LogP contribution >= 0.6 is 0 Å². The molecule has 6 nitrogen and oxygen atoms in total. The number of halogens is 1. The molecule has 0 unspecified atom stereocenters. The van der Waals surface area contributed by atoms with E-state index in [-0.39, 0.29) is 22.2 Å². The maximum Gasteiger partial charge on any atom is 0.257 e. The van der Waals surface area contributed by atoms with E-state index in [2.05, 4.69) is 11.6 Å². The quantitative estimate of drug-likeness (QED) is 0.751. The molecule has 1 amide bonds. The summed E-state index contributed by atoms with van der Waals surface area (Å²) in [5.41, 5.74) is 0.858. The molecule has 162 valence electrons. The molecule has 3 rings (SSSR count). The normalized spacial score (nSPS) is 16.3. The Kier molecular flexibility index (Phi) is 6.77. The molecule has 8 heteroatoms. The van der Waals surface area contributed by atoms with Crippen LogP contribution in [0.4, 0.5) is 4.39 Å². The number of carbonyl (C=O) groups excluding carboxylic acids is 1. The Hall–Kier alpha value is -2.45. The van der Waals surface area contributed by atoms with Crippen LogP contribution in [0.25, 0.3) is 0 Å². The van der Waals surface area contributed by atoms with E-state index in [1.165, 1.54) is 49.6 Å². The standard InChI is InChI=1S/C22H27FN2O4S/c1-15-10-12-25(13-11-15)22(26)20-14-19(8-9-21(20)29-3)30(27,28)24-16(2)17-4-6-18(23)7-5-17/h4-9,14-16,24H,10-13H2,1-3H3/t16-/m1/s1. The number of likely N-dealkylation sites (tertiary alicyclic amines) is 1. The summed E-state index contributed by atoms with van der Waals surface area (Å²) in [6, 6.07) is 9.32. The minimum Gasteiger partial charge on any atom is -0.496 e. The van der Waals surface area contributed by atoms with Crippen LogP contribution in [0, 0.1) is 11.7 Å². The van der Waals surface area contributed by atoms with E-state index in [4.69, 9.17) is 4.74 Å². The summed E-state index contributed by atoms with van der Waals surface area (Å²) in [5.74, 6) is 0.283. The lowest BCUT2D eigenvalue weighted by atomic mass is 9.98. The molecule has 1 fully saturated rings. The van der Waals surface area contributed by atoms with E-state index < -0.39 is 16.1 Å². The fourth-order valence-corrected chi connectivity index (χ4v) is 4.78. The van der Waals surface area contributed by atoms with Gasteiger partial charge in [-0.3, -0.25) is 4.79 Å². The van der Waals surface area contributed by atoms with E-state index in [0.29, 0.717) is 30.3 Å². The first-order chi connectivity index (χ1) is 14.2. The van der Waals surface area contributed by atoms with Crippen molar-refractivity contribution in [1.29, 1.82) is 0 Å². The highest BCUT2D eigenvalue weighted by Crippen LogP contribution is 2.27. The van der Waals surface area contributed by atoms with Crippen molar-refractivity contribution < 1.29 is 22.3 Å². The Morgan fingerprint density at radius 3 is 2.40 bits per heavy atom. The van der Waals surface area contributed by atoms with Gasteiger partial charge in [-0.2, -0.15) is 0 Å². The second kappa shape index (κ2) is 9.14. The van der Waals surface area contributed by atoms with Gasteiger partial charge in [-0.1, -0.05) is 19.1 Å². The first-order valence-corrected chi connectivity index (χ1v) is 11.4. The molecule has 0 aliphatic carbocycles. The summed E-state index contributed by atoms with van der Waals surface area (Å²) in [5, 5.41) is 0. The van der Waals surface area contributed by atoms with Gasteiger partial charge in [0.05, 0.1) is 17.6 Å². The van der Waals surface area contributed by atoms with Crippen molar-refractivity contribution in [2.24, 2.45) is 5.92 Å². The summed E-state index contributed by atoms with van der Waals surface area (Å²) in [6.45, 7) is 5.11. The van der Waals surface area contributed by atoms with Gasteiger partial charge in [0.2, 0.25) is 10.0 Å². The summed E-state index contributed by atoms with van der Waals surface area (Å²) in [7, 11) is -2.46. The SMILES string of the molecule is COc1ccc(S(=O)(=O)N[C@H](C)c2ccc(F)cc2)cc1C(=O)N1CCC(C)CC1. The monoisotopic (exact) mass is 434 g/mol. The molecule has 0 aromatic heterocycles. The minimum absolute atomic E-state index is 0.0222. The molecule has 1 saturated heterocycles. The first-order valence-electron chi connectivity index (χ1n) is 9.96. The Balaban J connectivity index is 1.85. The second-order valence-corrected chi connectivity index (χ2v) is 9.45. The van der Waals surface area contributed by atoms with Crippen LogP contribution in [0.5, 0.6) is 5.75 Å². The molecular formula is C22H27FN2O4S. The number of piperidine rings is 1. The number of hydrogen-bond acceptors (Lipinski definition) is 4. The predicted octanol–water partition coefficient (Wildman–Crippen LogP) is 3.75. The smallest absolute Gasteiger partial charge is 0.257 e. The fraction of sp³-hybridized carbons (Fsp3) is 0.409. The van der Waals surface area contributed by atoms with Crippen molar-refractivity contribution in [1.82, 2.24) is 9.62 Å². The van der Waals surface area contributed by atoms with Crippen LogP contribution in [0.2, 0.25) is 0 Å². The summed E-state index contributed by atoms with van der Waals surface area (Å²) in [4.78, 5) is 14.8. The van der Waals surface area contributed by atoms with Crippen molar-refractivity contribution in [3.05, 3.63) is 59.4 Å². The zero-order valence-corrected chi connectivity index (χ0v) is 18.2. The number of amides is 1. The molecule has 0 bridgehead atoms. The number of ether oxygens (including phenoxy) is 1. The Morgan fingerprint density at radius 1 is 1.17 bits per heavy atom. The zero-order valence-electron chi connectivity index (χ0n) is 17.4. The average Bonchev–Trinajstić information content (AvgIpc) is 2.73. The lowest BCUT2D eigenvalue weighted by Gasteiger charge is -2.30. The Bertz CT molecular complexity index is 1000. The first kappa shape index (κ1) is 22.2. The maximum atomic E-state index is 13.1. The van der Waals surface area contributed by atoms with Crippen LogP contribution < -0.4 is 9.46 Å². The zero-order chi connectivity index (χ0) is 21.9. The average molecular weight is 435 g/mol. The topological polar surface area (TPSA) is 75.7 Å². The number of nitrogens with one attached hydrogen (secondary N) is 1. The predicted molar refractivity (Wildman–Crippen MR) is 112 cm³/mol. The van der Waals surface area contributed by atoms with Gasteiger partial charge in [0.15, 0.2) is 0 Å². The summed E-state index contributed by atoms with van der Waals surface area (Å²) in [6.07, 6.45) is 1.84. The Labute approximate surface area is 177 Å². The van der Waals surface area contributed by atoms with Crippen LogP contribution in [0.3, 0.4) is 0 Å². The van der Waals surface area contributed by atoms with Gasteiger partial charge >= 0.3 is 0 Å². The highest BCUT2D eigenvalue weighted by molar-refractivity contribution is 7.89. The molecule has 1 heterocycles. The lowest BCUT2D eigenvalue weighted by molar-refractivity contribution is 0.0693. The molecule has 2 aromatic rings.